The van der Waals surface area contributed by atoms with Crippen molar-refractivity contribution in [1.82, 2.24) is 4.98 Å². The molecule has 0 spiro atoms. The smallest absolute Gasteiger partial charge is 0.303 e. The van der Waals surface area contributed by atoms with E-state index >= 15 is 0 Å². The van der Waals surface area contributed by atoms with E-state index in [1.54, 1.807) is 0 Å². The van der Waals surface area contributed by atoms with E-state index in [9.17, 15) is 14.7 Å². The molecule has 0 aliphatic heterocycles. The number of nitrogens with zero attached hydrogens (tertiary/aromatic N) is 1. The summed E-state index contributed by atoms with van der Waals surface area (Å²) in [5.74, 6) is -0.212. The van der Waals surface area contributed by atoms with Gasteiger partial charge in [-0.15, -0.1) is 0 Å². The van der Waals surface area contributed by atoms with Gasteiger partial charge in [-0.3, -0.25) is 9.59 Å². The Kier molecular flexibility index (Phi) is 5.56. The summed E-state index contributed by atoms with van der Waals surface area (Å²) in [6.45, 7) is 7.42. The molecule has 4 aliphatic carbocycles. The SMILES string of the molecule is CC(=O)O[C@H]1[C@H](OC(C)=O)[C@H]2C[C@@H](O)CC[C@]2(C)[C@H]2CC[C@]3(C)c4nc(Cl)ccc4C[C@H]3[C@H]12. The van der Waals surface area contributed by atoms with Crippen LogP contribution in [0.4, 0.5) is 0 Å². The number of rotatable bonds is 2. The second-order valence-corrected chi connectivity index (χ2v) is 11.7. The van der Waals surface area contributed by atoms with Gasteiger partial charge in [-0.05, 0) is 67.4 Å². The third-order valence-electron chi connectivity index (χ3n) is 9.59. The maximum absolute atomic E-state index is 12.3. The molecule has 0 amide bonds. The highest BCUT2D eigenvalue weighted by atomic mass is 35.5. The number of carbonyl (C=O) groups is 2. The topological polar surface area (TPSA) is 85.7 Å². The molecule has 0 saturated heterocycles. The monoisotopic (exact) mass is 475 g/mol. The van der Waals surface area contributed by atoms with E-state index in [1.165, 1.54) is 19.4 Å². The molecular formula is C26H34ClNO5. The molecule has 0 unspecified atom stereocenters. The van der Waals surface area contributed by atoms with Crippen LogP contribution in [-0.4, -0.2) is 40.3 Å². The molecule has 180 valence electrons. The number of halogens is 1. The van der Waals surface area contributed by atoms with Gasteiger partial charge in [-0.2, -0.15) is 0 Å². The lowest BCUT2D eigenvalue weighted by Gasteiger charge is -2.63. The van der Waals surface area contributed by atoms with Crippen molar-refractivity contribution >= 4 is 23.5 Å². The Hall–Kier alpha value is -1.66. The first-order valence-corrected chi connectivity index (χ1v) is 12.6. The number of pyridine rings is 1. The molecule has 33 heavy (non-hydrogen) atoms. The van der Waals surface area contributed by atoms with Crippen LogP contribution in [0.3, 0.4) is 0 Å². The van der Waals surface area contributed by atoms with Gasteiger partial charge in [-0.1, -0.05) is 31.5 Å². The summed E-state index contributed by atoms with van der Waals surface area (Å²) in [6.07, 6.45) is 3.51. The molecule has 0 radical (unpaired) electrons. The molecule has 0 bridgehead atoms. The number of aliphatic hydroxyl groups excluding tert-OH is 1. The summed E-state index contributed by atoms with van der Waals surface area (Å²) >= 11 is 6.30. The van der Waals surface area contributed by atoms with Crippen molar-refractivity contribution < 1.29 is 24.2 Å². The number of aliphatic hydroxyl groups is 1. The fourth-order valence-electron chi connectivity index (χ4n) is 8.22. The lowest BCUT2D eigenvalue weighted by atomic mass is 9.43. The minimum absolute atomic E-state index is 0.0430. The van der Waals surface area contributed by atoms with Crippen LogP contribution in [0.2, 0.25) is 5.15 Å². The van der Waals surface area contributed by atoms with E-state index in [2.05, 4.69) is 19.9 Å². The van der Waals surface area contributed by atoms with Crippen LogP contribution in [0.15, 0.2) is 12.1 Å². The number of ether oxygens (including phenoxy) is 2. The average Bonchev–Trinajstić information content (AvgIpc) is 3.03. The van der Waals surface area contributed by atoms with Gasteiger partial charge < -0.3 is 14.6 Å². The molecule has 5 rings (SSSR count). The fraction of sp³-hybridized carbons (Fsp3) is 0.731. The van der Waals surface area contributed by atoms with Crippen molar-refractivity contribution in [2.75, 3.05) is 0 Å². The highest BCUT2D eigenvalue weighted by Crippen LogP contribution is 2.66. The lowest BCUT2D eigenvalue weighted by molar-refractivity contribution is -0.235. The number of esters is 2. The predicted molar refractivity (Wildman–Crippen MR) is 123 cm³/mol. The highest BCUT2D eigenvalue weighted by molar-refractivity contribution is 6.29. The van der Waals surface area contributed by atoms with Crippen molar-refractivity contribution in [3.8, 4) is 0 Å². The van der Waals surface area contributed by atoms with Crippen molar-refractivity contribution in [1.29, 1.82) is 0 Å². The number of carbonyl (C=O) groups excluding carboxylic acids is 2. The van der Waals surface area contributed by atoms with Crippen LogP contribution in [0.25, 0.3) is 0 Å². The van der Waals surface area contributed by atoms with Gasteiger partial charge in [0.15, 0.2) is 0 Å². The first-order chi connectivity index (χ1) is 15.5. The Labute approximate surface area is 200 Å². The highest BCUT2D eigenvalue weighted by Gasteiger charge is 2.66. The Balaban J connectivity index is 1.63. The minimum atomic E-state index is -0.560. The quantitative estimate of drug-likeness (QED) is 0.508. The lowest BCUT2D eigenvalue weighted by Crippen LogP contribution is -2.66. The number of aromatic nitrogens is 1. The molecule has 7 heteroatoms. The first-order valence-electron chi connectivity index (χ1n) is 12.2. The van der Waals surface area contributed by atoms with E-state index in [0.29, 0.717) is 17.5 Å². The molecule has 1 heterocycles. The van der Waals surface area contributed by atoms with Gasteiger partial charge in [0.2, 0.25) is 0 Å². The van der Waals surface area contributed by atoms with E-state index in [-0.39, 0.29) is 40.5 Å². The summed E-state index contributed by atoms with van der Waals surface area (Å²) in [5, 5.41) is 11.0. The Bertz CT molecular complexity index is 983. The zero-order valence-corrected chi connectivity index (χ0v) is 20.6. The number of fused-ring (bicyclic) bond motifs is 7. The van der Waals surface area contributed by atoms with Crippen LogP contribution in [0, 0.1) is 29.1 Å². The maximum atomic E-state index is 12.3. The van der Waals surface area contributed by atoms with Gasteiger partial charge in [0, 0.05) is 31.1 Å². The molecule has 1 N–H and O–H groups in total. The Morgan fingerprint density at radius 3 is 2.42 bits per heavy atom. The van der Waals surface area contributed by atoms with Crippen LogP contribution in [0.5, 0.6) is 0 Å². The van der Waals surface area contributed by atoms with Gasteiger partial charge in [0.05, 0.1) is 11.8 Å². The second kappa shape index (κ2) is 7.94. The molecule has 3 fully saturated rings. The van der Waals surface area contributed by atoms with E-state index < -0.39 is 18.3 Å². The van der Waals surface area contributed by atoms with Gasteiger partial charge in [0.1, 0.15) is 17.4 Å². The van der Waals surface area contributed by atoms with Crippen molar-refractivity contribution in [3.63, 3.8) is 0 Å². The molecule has 1 aromatic rings. The normalized spacial score (nSPS) is 43.5. The minimum Gasteiger partial charge on any atom is -0.458 e. The van der Waals surface area contributed by atoms with Crippen LogP contribution >= 0.6 is 11.6 Å². The molecule has 9 atom stereocenters. The summed E-state index contributed by atoms with van der Waals surface area (Å²) < 4.78 is 12.0. The summed E-state index contributed by atoms with van der Waals surface area (Å²) in [4.78, 5) is 29.3. The molecule has 6 nitrogen and oxygen atoms in total. The largest absolute Gasteiger partial charge is 0.458 e. The maximum Gasteiger partial charge on any atom is 0.303 e. The zero-order valence-electron chi connectivity index (χ0n) is 19.8. The Morgan fingerprint density at radius 2 is 1.73 bits per heavy atom. The van der Waals surface area contributed by atoms with Crippen LogP contribution < -0.4 is 0 Å². The summed E-state index contributed by atoms with van der Waals surface area (Å²) in [6, 6.07) is 3.93. The summed E-state index contributed by atoms with van der Waals surface area (Å²) in [5.41, 5.74) is 2.01. The Morgan fingerprint density at radius 1 is 1.03 bits per heavy atom. The molecule has 0 aromatic carbocycles. The standard InChI is InChI=1S/C26H34ClNO5/c1-13(29)32-22-19-12-16(31)7-9-25(19,3)17-8-10-26(4)18(21(17)23(22)33-14(2)30)11-15-5-6-20(27)28-24(15)26/h5-6,16-19,21-23,31H,7-12H2,1-4H3/t16-,17-,18-,19+,21+,22+,23+,25+,26-/m0/s1. The van der Waals surface area contributed by atoms with Gasteiger partial charge in [0.25, 0.3) is 0 Å². The number of hydrogen-bond acceptors (Lipinski definition) is 6. The molecule has 4 aliphatic rings. The molecule has 1 aromatic heterocycles. The average molecular weight is 476 g/mol. The van der Waals surface area contributed by atoms with Crippen LogP contribution in [-0.2, 0) is 30.9 Å². The van der Waals surface area contributed by atoms with Crippen molar-refractivity contribution in [2.45, 2.75) is 89.9 Å². The van der Waals surface area contributed by atoms with Crippen LogP contribution in [0.1, 0.15) is 71.1 Å². The second-order valence-electron chi connectivity index (χ2n) is 11.3. The van der Waals surface area contributed by atoms with E-state index in [4.69, 9.17) is 26.1 Å². The summed E-state index contributed by atoms with van der Waals surface area (Å²) in [7, 11) is 0. The predicted octanol–water partition coefficient (Wildman–Crippen LogP) is 4.24. The fourth-order valence-corrected chi connectivity index (χ4v) is 8.37. The molecular weight excluding hydrogens is 442 g/mol. The van der Waals surface area contributed by atoms with Gasteiger partial charge >= 0.3 is 11.9 Å². The van der Waals surface area contributed by atoms with Gasteiger partial charge in [-0.25, -0.2) is 4.98 Å². The first kappa shape index (κ1) is 23.1. The zero-order chi connectivity index (χ0) is 23.7. The van der Waals surface area contributed by atoms with E-state index in [1.807, 2.05) is 6.07 Å². The third kappa shape index (κ3) is 3.51. The third-order valence-corrected chi connectivity index (χ3v) is 9.80. The molecule has 3 saturated carbocycles. The number of hydrogen-bond donors (Lipinski definition) is 1. The van der Waals surface area contributed by atoms with E-state index in [0.717, 1.165) is 37.8 Å². The van der Waals surface area contributed by atoms with Crippen molar-refractivity contribution in [3.05, 3.63) is 28.5 Å². The van der Waals surface area contributed by atoms with Crippen molar-refractivity contribution in [2.24, 2.45) is 29.1 Å².